The number of rotatable bonds is 4. The van der Waals surface area contributed by atoms with Gasteiger partial charge in [-0.3, -0.25) is 0 Å². The van der Waals surface area contributed by atoms with E-state index >= 15 is 0 Å². The Kier molecular flexibility index (Phi) is 7.42. The number of thioether (sulfide) groups is 1. The SMILES string of the molecule is C[NH+]1CCC(Sc2nc3ccccc3s2)CC1.O=C([O-])/C=C/C(=O)O. The largest absolute Gasteiger partial charge is 0.545 e. The zero-order chi connectivity index (χ0) is 18.2. The normalized spacial score (nSPS) is 20.2. The summed E-state index contributed by atoms with van der Waals surface area (Å²) in [5.74, 6) is -2.80. The first-order valence-electron chi connectivity index (χ1n) is 7.89. The molecule has 1 aliphatic heterocycles. The Balaban J connectivity index is 0.000000242. The maximum atomic E-state index is 9.53. The van der Waals surface area contributed by atoms with Crippen molar-refractivity contribution in [2.24, 2.45) is 0 Å². The Bertz CT molecular complexity index is 703. The van der Waals surface area contributed by atoms with E-state index in [2.05, 4.69) is 31.3 Å². The van der Waals surface area contributed by atoms with Crippen molar-refractivity contribution in [3.05, 3.63) is 36.4 Å². The number of benzene rings is 1. The maximum absolute atomic E-state index is 9.53. The molecule has 6 nitrogen and oxygen atoms in total. The molecule has 0 spiro atoms. The number of aromatic nitrogens is 1. The molecule has 0 bridgehead atoms. The minimum absolute atomic E-state index is 0.447. The molecule has 8 heteroatoms. The third-order valence-electron chi connectivity index (χ3n) is 3.69. The van der Waals surface area contributed by atoms with Crippen molar-refractivity contribution < 1.29 is 24.7 Å². The van der Waals surface area contributed by atoms with Crippen LogP contribution in [-0.4, -0.2) is 47.4 Å². The van der Waals surface area contributed by atoms with Crippen LogP contribution in [0.4, 0.5) is 0 Å². The van der Waals surface area contributed by atoms with Crippen molar-refractivity contribution in [3.63, 3.8) is 0 Å². The summed E-state index contributed by atoms with van der Waals surface area (Å²) >= 11 is 3.82. The van der Waals surface area contributed by atoms with Gasteiger partial charge >= 0.3 is 5.97 Å². The second-order valence-electron chi connectivity index (χ2n) is 5.71. The van der Waals surface area contributed by atoms with Crippen molar-refractivity contribution >= 4 is 45.3 Å². The van der Waals surface area contributed by atoms with Crippen molar-refractivity contribution in [2.75, 3.05) is 20.1 Å². The average Bonchev–Trinajstić information content (AvgIpc) is 2.98. The molecule has 1 fully saturated rings. The fraction of sp³-hybridized carbons (Fsp3) is 0.353. The smallest absolute Gasteiger partial charge is 0.328 e. The number of fused-ring (bicyclic) bond motifs is 1. The first-order valence-corrected chi connectivity index (χ1v) is 9.59. The van der Waals surface area contributed by atoms with Crippen LogP contribution in [0.25, 0.3) is 10.2 Å². The van der Waals surface area contributed by atoms with E-state index in [1.54, 1.807) is 4.90 Å². The van der Waals surface area contributed by atoms with Gasteiger partial charge in [-0.2, -0.15) is 0 Å². The average molecular weight is 380 g/mol. The van der Waals surface area contributed by atoms with E-state index in [0.717, 1.165) is 10.8 Å². The summed E-state index contributed by atoms with van der Waals surface area (Å²) < 4.78 is 2.56. The Morgan fingerprint density at radius 1 is 1.32 bits per heavy atom. The van der Waals surface area contributed by atoms with Gasteiger partial charge in [0.2, 0.25) is 0 Å². The van der Waals surface area contributed by atoms with Crippen LogP contribution in [-0.2, 0) is 9.59 Å². The minimum atomic E-state index is -1.51. The first-order chi connectivity index (χ1) is 11.9. The summed E-state index contributed by atoms with van der Waals surface area (Å²) in [5.41, 5.74) is 1.15. The van der Waals surface area contributed by atoms with Crippen LogP contribution in [0, 0.1) is 0 Å². The fourth-order valence-corrected chi connectivity index (χ4v) is 4.86. The zero-order valence-electron chi connectivity index (χ0n) is 13.8. The second-order valence-corrected chi connectivity index (χ2v) is 8.29. The lowest BCUT2D eigenvalue weighted by atomic mass is 10.1. The number of piperidine rings is 1. The summed E-state index contributed by atoms with van der Waals surface area (Å²) in [5, 5.41) is 18.0. The van der Waals surface area contributed by atoms with Crippen LogP contribution in [0.3, 0.4) is 0 Å². The van der Waals surface area contributed by atoms with Gasteiger partial charge in [0.05, 0.1) is 36.3 Å². The number of likely N-dealkylation sites (tertiary alicyclic amines) is 1. The molecule has 134 valence electrons. The number of thiazole rings is 1. The van der Waals surface area contributed by atoms with Crippen molar-refractivity contribution in [1.29, 1.82) is 0 Å². The maximum Gasteiger partial charge on any atom is 0.328 e. The van der Waals surface area contributed by atoms with E-state index in [-0.39, 0.29) is 0 Å². The summed E-state index contributed by atoms with van der Waals surface area (Å²) in [6, 6.07) is 8.42. The van der Waals surface area contributed by atoms with Gasteiger partial charge in [-0.1, -0.05) is 23.9 Å². The highest BCUT2D eigenvalue weighted by Gasteiger charge is 2.21. The third-order valence-corrected chi connectivity index (χ3v) is 6.16. The molecule has 2 aromatic rings. The highest BCUT2D eigenvalue weighted by atomic mass is 32.2. The van der Waals surface area contributed by atoms with Crippen LogP contribution < -0.4 is 10.0 Å². The van der Waals surface area contributed by atoms with E-state index in [1.165, 1.54) is 35.0 Å². The Hall–Kier alpha value is -1.90. The Labute approximate surface area is 154 Å². The number of carbonyl (C=O) groups excluding carboxylic acids is 1. The van der Waals surface area contributed by atoms with E-state index in [1.807, 2.05) is 23.1 Å². The highest BCUT2D eigenvalue weighted by molar-refractivity contribution is 8.01. The number of nitrogens with zero attached hydrogens (tertiary/aromatic N) is 1. The lowest BCUT2D eigenvalue weighted by molar-refractivity contribution is -0.884. The van der Waals surface area contributed by atoms with Gasteiger partial charge in [0, 0.05) is 24.2 Å². The predicted molar refractivity (Wildman–Crippen MR) is 96.9 cm³/mol. The molecule has 0 atom stereocenters. The molecule has 0 unspecified atom stereocenters. The van der Waals surface area contributed by atoms with Crippen LogP contribution in [0.5, 0.6) is 0 Å². The topological polar surface area (TPSA) is 94.8 Å². The van der Waals surface area contributed by atoms with Gasteiger partial charge in [0.25, 0.3) is 0 Å². The molecule has 0 radical (unpaired) electrons. The molecule has 2 N–H and O–H groups in total. The number of para-hydroxylation sites is 1. The van der Waals surface area contributed by atoms with Gasteiger partial charge in [-0.25, -0.2) is 9.78 Å². The molecule has 1 aromatic carbocycles. The molecule has 2 heterocycles. The summed E-state index contributed by atoms with van der Waals surface area (Å²) in [7, 11) is 2.29. The summed E-state index contributed by atoms with van der Waals surface area (Å²) in [6.45, 7) is 2.62. The van der Waals surface area contributed by atoms with Crippen LogP contribution in [0.2, 0.25) is 0 Å². The number of quaternary nitrogens is 1. The highest BCUT2D eigenvalue weighted by Crippen LogP contribution is 2.34. The van der Waals surface area contributed by atoms with Gasteiger partial charge in [0.1, 0.15) is 0 Å². The van der Waals surface area contributed by atoms with Crippen LogP contribution >= 0.6 is 23.1 Å². The molecular formula is C17H20N2O4S2. The van der Waals surface area contributed by atoms with Crippen molar-refractivity contribution in [1.82, 2.24) is 4.98 Å². The first kappa shape index (κ1) is 19.4. The molecule has 0 amide bonds. The number of carboxylic acid groups (broad SMARTS) is 2. The number of hydrogen-bond donors (Lipinski definition) is 2. The van der Waals surface area contributed by atoms with Gasteiger partial charge in [0.15, 0.2) is 4.34 Å². The summed E-state index contributed by atoms with van der Waals surface area (Å²) in [4.78, 5) is 25.3. The molecule has 0 aliphatic carbocycles. The molecule has 25 heavy (non-hydrogen) atoms. The number of carboxylic acids is 2. The lowest BCUT2D eigenvalue weighted by Crippen LogP contribution is -3.10. The second kappa shape index (κ2) is 9.55. The molecule has 1 aliphatic rings. The van der Waals surface area contributed by atoms with Crippen LogP contribution in [0.1, 0.15) is 12.8 Å². The van der Waals surface area contributed by atoms with Gasteiger partial charge in [-0.15, -0.1) is 11.3 Å². The number of nitrogens with one attached hydrogen (secondary N) is 1. The van der Waals surface area contributed by atoms with E-state index in [0.29, 0.717) is 12.2 Å². The lowest BCUT2D eigenvalue weighted by Gasteiger charge is -2.25. The van der Waals surface area contributed by atoms with Gasteiger partial charge < -0.3 is 19.9 Å². The molecule has 1 saturated heterocycles. The van der Waals surface area contributed by atoms with E-state index in [4.69, 9.17) is 10.1 Å². The monoisotopic (exact) mass is 380 g/mol. The molecular weight excluding hydrogens is 360 g/mol. The number of hydrogen-bond acceptors (Lipinski definition) is 6. The number of aliphatic carboxylic acids is 2. The number of carbonyl (C=O) groups is 2. The third kappa shape index (κ3) is 6.85. The fourth-order valence-electron chi connectivity index (χ4n) is 2.39. The molecule has 0 saturated carbocycles. The van der Waals surface area contributed by atoms with E-state index in [9.17, 15) is 14.7 Å². The molecule has 3 rings (SSSR count). The summed E-state index contributed by atoms with van der Waals surface area (Å²) in [6.07, 6.45) is 3.59. The Morgan fingerprint density at radius 2 is 2.00 bits per heavy atom. The molecule has 1 aromatic heterocycles. The van der Waals surface area contributed by atoms with Crippen molar-refractivity contribution in [3.8, 4) is 0 Å². The van der Waals surface area contributed by atoms with Crippen molar-refractivity contribution in [2.45, 2.75) is 22.4 Å². The Morgan fingerprint density at radius 3 is 2.56 bits per heavy atom. The van der Waals surface area contributed by atoms with Crippen LogP contribution in [0.15, 0.2) is 40.8 Å². The predicted octanol–water partition coefficient (Wildman–Crippen LogP) is 0.443. The quantitative estimate of drug-likeness (QED) is 0.748. The zero-order valence-corrected chi connectivity index (χ0v) is 15.4. The standard InChI is InChI=1S/C13H16N2S2.C4H4O4/c1-15-8-6-10(7-9-15)16-13-14-11-4-2-3-5-12(11)17-13;5-3(6)1-2-4(7)8/h2-5,10H,6-9H2,1H3;1-2H,(H,5,6)(H,7,8)/b;2-1+. The van der Waals surface area contributed by atoms with E-state index < -0.39 is 11.9 Å². The minimum Gasteiger partial charge on any atom is -0.545 e. The van der Waals surface area contributed by atoms with Gasteiger partial charge in [-0.05, 0) is 18.2 Å².